The summed E-state index contributed by atoms with van der Waals surface area (Å²) in [6.45, 7) is 6.02. The number of aromatic nitrogens is 2. The van der Waals surface area contributed by atoms with Crippen molar-refractivity contribution in [1.29, 1.82) is 0 Å². The number of piperidine rings is 1. The standard InChI is InChI=1S/C25H28N4OS/c1-18-21-17-22(31-24-10-5-9-23(27-18)29(21)24)25(30)26-13-6-14-28-15-11-20(12-16-28)19-7-3-2-4-8-19/h2-5,7-10,17,20H,6,11-16H2,1H3,(H,26,30). The molecule has 1 saturated heterocycles. The summed E-state index contributed by atoms with van der Waals surface area (Å²) in [4.78, 5) is 20.6. The van der Waals surface area contributed by atoms with Gasteiger partial charge in [0.15, 0.2) is 0 Å². The number of nitrogens with zero attached hydrogens (tertiary/aromatic N) is 3. The highest BCUT2D eigenvalue weighted by molar-refractivity contribution is 8.04. The van der Waals surface area contributed by atoms with Crippen LogP contribution >= 0.6 is 11.8 Å². The van der Waals surface area contributed by atoms with Crippen molar-refractivity contribution in [3.8, 4) is 0 Å². The van der Waals surface area contributed by atoms with Crippen LogP contribution in [-0.4, -0.2) is 46.4 Å². The zero-order valence-electron chi connectivity index (χ0n) is 17.9. The van der Waals surface area contributed by atoms with Gasteiger partial charge in [-0.1, -0.05) is 48.2 Å². The maximum atomic E-state index is 12.8. The molecular weight excluding hydrogens is 404 g/mol. The number of thioether (sulfide) groups is 1. The molecule has 3 aromatic rings. The monoisotopic (exact) mass is 432 g/mol. The third-order valence-corrected chi connectivity index (χ3v) is 7.38. The Morgan fingerprint density at radius 2 is 1.94 bits per heavy atom. The maximum absolute atomic E-state index is 12.8. The lowest BCUT2D eigenvalue weighted by Crippen LogP contribution is -2.35. The second-order valence-corrected chi connectivity index (χ2v) is 9.45. The molecule has 5 nitrogen and oxygen atoms in total. The van der Waals surface area contributed by atoms with Crippen molar-refractivity contribution in [2.45, 2.75) is 37.1 Å². The van der Waals surface area contributed by atoms with Gasteiger partial charge in [0.2, 0.25) is 0 Å². The zero-order chi connectivity index (χ0) is 21.2. The van der Waals surface area contributed by atoms with Crippen LogP contribution < -0.4 is 5.32 Å². The Balaban J connectivity index is 1.09. The summed E-state index contributed by atoms with van der Waals surface area (Å²) in [6.07, 6.45) is 5.39. The highest BCUT2D eigenvalue weighted by atomic mass is 32.2. The van der Waals surface area contributed by atoms with Gasteiger partial charge < -0.3 is 10.2 Å². The summed E-state index contributed by atoms with van der Waals surface area (Å²) in [5.74, 6) is 0.699. The average Bonchev–Trinajstić information content (AvgIpc) is 3.14. The first-order valence-electron chi connectivity index (χ1n) is 11.1. The molecule has 0 unspecified atom stereocenters. The highest BCUT2D eigenvalue weighted by Crippen LogP contribution is 2.35. The topological polar surface area (TPSA) is 49.6 Å². The summed E-state index contributed by atoms with van der Waals surface area (Å²) in [5.41, 5.74) is 4.37. The Hall–Kier alpha value is -2.57. The van der Waals surface area contributed by atoms with Crippen LogP contribution in [0.15, 0.2) is 58.5 Å². The van der Waals surface area contributed by atoms with Gasteiger partial charge in [0.1, 0.15) is 5.65 Å². The van der Waals surface area contributed by atoms with Crippen LogP contribution in [0.3, 0.4) is 0 Å². The summed E-state index contributed by atoms with van der Waals surface area (Å²) in [6, 6.07) is 16.9. The predicted octanol–water partition coefficient (Wildman–Crippen LogP) is 4.48. The van der Waals surface area contributed by atoms with Crippen LogP contribution in [0.25, 0.3) is 11.7 Å². The van der Waals surface area contributed by atoms with Crippen LogP contribution in [0, 0.1) is 6.92 Å². The number of carbonyl (C=O) groups is 1. The van der Waals surface area contributed by atoms with E-state index in [1.54, 1.807) is 0 Å². The molecule has 0 aliphatic carbocycles. The van der Waals surface area contributed by atoms with Gasteiger partial charge in [-0.3, -0.25) is 9.20 Å². The summed E-state index contributed by atoms with van der Waals surface area (Å²) < 4.78 is 2.12. The molecule has 5 rings (SSSR count). The third kappa shape index (κ3) is 4.27. The van der Waals surface area contributed by atoms with Gasteiger partial charge in [0.25, 0.3) is 5.91 Å². The van der Waals surface area contributed by atoms with E-state index in [0.717, 1.165) is 53.0 Å². The molecule has 2 aliphatic rings. The molecule has 2 aromatic heterocycles. The average molecular weight is 433 g/mol. The van der Waals surface area contributed by atoms with Gasteiger partial charge in [-0.05, 0) is 75.5 Å². The van der Waals surface area contributed by atoms with Gasteiger partial charge in [-0.2, -0.15) is 0 Å². The van der Waals surface area contributed by atoms with Crippen LogP contribution in [0.5, 0.6) is 0 Å². The number of rotatable bonds is 6. The Morgan fingerprint density at radius 1 is 1.13 bits per heavy atom. The predicted molar refractivity (Wildman–Crippen MR) is 126 cm³/mol. The number of carbonyl (C=O) groups excluding carboxylic acids is 1. The molecule has 0 bridgehead atoms. The lowest BCUT2D eigenvalue weighted by atomic mass is 9.89. The smallest absolute Gasteiger partial charge is 0.258 e. The second kappa shape index (κ2) is 8.89. The van der Waals surface area contributed by atoms with Crippen molar-refractivity contribution < 1.29 is 4.79 Å². The molecular formula is C25H28N4OS. The van der Waals surface area contributed by atoms with E-state index in [0.29, 0.717) is 12.5 Å². The Kier molecular flexibility index (Phi) is 5.83. The molecule has 0 spiro atoms. The van der Waals surface area contributed by atoms with E-state index in [2.05, 4.69) is 49.9 Å². The summed E-state index contributed by atoms with van der Waals surface area (Å²) in [5, 5.41) is 4.16. The molecule has 1 N–H and O–H groups in total. The molecule has 6 heteroatoms. The first-order valence-corrected chi connectivity index (χ1v) is 11.9. The minimum atomic E-state index is 0.0108. The molecule has 2 aliphatic heterocycles. The van der Waals surface area contributed by atoms with E-state index in [9.17, 15) is 4.79 Å². The minimum Gasteiger partial charge on any atom is -0.352 e. The fourth-order valence-corrected chi connectivity index (χ4v) is 5.62. The summed E-state index contributed by atoms with van der Waals surface area (Å²) >= 11 is 1.52. The number of imidazole rings is 1. The number of aryl methyl sites for hydroxylation is 1. The van der Waals surface area contributed by atoms with E-state index in [1.165, 1.54) is 30.2 Å². The molecule has 0 radical (unpaired) electrons. The highest BCUT2D eigenvalue weighted by Gasteiger charge is 2.22. The quantitative estimate of drug-likeness (QED) is 0.584. The van der Waals surface area contributed by atoms with E-state index >= 15 is 0 Å². The van der Waals surface area contributed by atoms with Crippen molar-refractivity contribution in [2.24, 2.45) is 0 Å². The number of likely N-dealkylation sites (tertiary alicyclic amines) is 1. The van der Waals surface area contributed by atoms with Crippen molar-refractivity contribution in [3.63, 3.8) is 0 Å². The number of pyridine rings is 1. The SMILES string of the molecule is Cc1nc2cccc3n2c1C=C(C(=O)NCCCN1CCC(c2ccccc2)CC1)S3. The summed E-state index contributed by atoms with van der Waals surface area (Å²) in [7, 11) is 0. The third-order valence-electron chi connectivity index (χ3n) is 6.33. The lowest BCUT2D eigenvalue weighted by Gasteiger charge is -2.32. The number of amides is 1. The first kappa shape index (κ1) is 20.3. The Morgan fingerprint density at radius 3 is 2.74 bits per heavy atom. The van der Waals surface area contributed by atoms with Crippen molar-refractivity contribution in [3.05, 3.63) is 70.4 Å². The first-order chi connectivity index (χ1) is 15.2. The van der Waals surface area contributed by atoms with Gasteiger partial charge in [0.05, 0.1) is 21.3 Å². The fourth-order valence-electron chi connectivity index (χ4n) is 4.63. The molecule has 1 fully saturated rings. The molecule has 31 heavy (non-hydrogen) atoms. The van der Waals surface area contributed by atoms with Crippen molar-refractivity contribution in [2.75, 3.05) is 26.2 Å². The van der Waals surface area contributed by atoms with E-state index in [1.807, 2.05) is 31.2 Å². The Labute approximate surface area is 187 Å². The molecule has 1 aromatic carbocycles. The molecule has 4 heterocycles. The largest absolute Gasteiger partial charge is 0.352 e. The van der Waals surface area contributed by atoms with E-state index < -0.39 is 0 Å². The molecule has 0 atom stereocenters. The van der Waals surface area contributed by atoms with Gasteiger partial charge >= 0.3 is 0 Å². The van der Waals surface area contributed by atoms with E-state index in [-0.39, 0.29) is 5.91 Å². The van der Waals surface area contributed by atoms with E-state index in [4.69, 9.17) is 0 Å². The van der Waals surface area contributed by atoms with Crippen LogP contribution in [0.4, 0.5) is 0 Å². The Bertz CT molecular complexity index is 1110. The lowest BCUT2D eigenvalue weighted by molar-refractivity contribution is -0.116. The van der Waals surface area contributed by atoms with Crippen LogP contribution in [0.2, 0.25) is 0 Å². The minimum absolute atomic E-state index is 0.0108. The maximum Gasteiger partial charge on any atom is 0.258 e. The van der Waals surface area contributed by atoms with Gasteiger partial charge in [-0.25, -0.2) is 4.98 Å². The molecule has 0 saturated carbocycles. The van der Waals surface area contributed by atoms with Crippen LogP contribution in [0.1, 0.15) is 42.1 Å². The van der Waals surface area contributed by atoms with Crippen molar-refractivity contribution in [1.82, 2.24) is 19.6 Å². The zero-order valence-corrected chi connectivity index (χ0v) is 18.7. The van der Waals surface area contributed by atoms with Gasteiger partial charge in [0, 0.05) is 6.54 Å². The molecule has 1 amide bonds. The number of hydrogen-bond donors (Lipinski definition) is 1. The number of hydrogen-bond acceptors (Lipinski definition) is 4. The van der Waals surface area contributed by atoms with Crippen LogP contribution in [-0.2, 0) is 4.79 Å². The normalized spacial score (nSPS) is 17.0. The number of benzene rings is 1. The van der Waals surface area contributed by atoms with Gasteiger partial charge in [-0.15, -0.1) is 0 Å². The second-order valence-electron chi connectivity index (χ2n) is 8.39. The van der Waals surface area contributed by atoms with Crippen molar-refractivity contribution >= 4 is 29.4 Å². The molecule has 160 valence electrons. The fraction of sp³-hybridized carbons (Fsp3) is 0.360. The number of nitrogens with one attached hydrogen (secondary N) is 1.